The van der Waals surface area contributed by atoms with Crippen LogP contribution in [-0.2, 0) is 10.0 Å². The van der Waals surface area contributed by atoms with E-state index >= 15 is 0 Å². The van der Waals surface area contributed by atoms with Crippen molar-refractivity contribution in [3.63, 3.8) is 0 Å². The zero-order chi connectivity index (χ0) is 17.9. The van der Waals surface area contributed by atoms with Crippen LogP contribution in [0, 0.1) is 11.6 Å². The van der Waals surface area contributed by atoms with Crippen molar-refractivity contribution in [2.45, 2.75) is 9.79 Å². The minimum absolute atomic E-state index is 0.0991. The first-order valence-corrected chi connectivity index (χ1v) is 9.37. The summed E-state index contributed by atoms with van der Waals surface area (Å²) in [6, 6.07) is 7.35. The highest BCUT2D eigenvalue weighted by Crippen LogP contribution is 2.36. The van der Waals surface area contributed by atoms with Crippen LogP contribution in [0.3, 0.4) is 0 Å². The van der Waals surface area contributed by atoms with Crippen molar-refractivity contribution < 1.29 is 22.0 Å². The van der Waals surface area contributed by atoms with Crippen molar-refractivity contribution in [2.75, 3.05) is 18.0 Å². The van der Waals surface area contributed by atoms with Gasteiger partial charge in [-0.1, -0.05) is 11.8 Å². The van der Waals surface area contributed by atoms with Gasteiger partial charge < -0.3 is 5.32 Å². The van der Waals surface area contributed by atoms with Crippen LogP contribution in [0.4, 0.5) is 14.5 Å². The number of amides is 1. The number of hydrogen-bond donors (Lipinski definition) is 2. The van der Waals surface area contributed by atoms with E-state index in [9.17, 15) is 22.0 Å². The number of nitrogens with one attached hydrogen (secondary N) is 2. The van der Waals surface area contributed by atoms with Gasteiger partial charge in [-0.15, -0.1) is 0 Å². The van der Waals surface area contributed by atoms with Gasteiger partial charge in [0.15, 0.2) is 0 Å². The number of carbonyl (C=O) groups excluding carboxylic acids is 1. The zero-order valence-corrected chi connectivity index (χ0v) is 14.4. The van der Waals surface area contributed by atoms with Crippen LogP contribution < -0.4 is 10.0 Å². The highest BCUT2D eigenvalue weighted by molar-refractivity contribution is 7.99. The zero-order valence-electron chi connectivity index (χ0n) is 12.8. The van der Waals surface area contributed by atoms with Crippen LogP contribution in [0.2, 0.25) is 0 Å². The predicted molar refractivity (Wildman–Crippen MR) is 88.8 cm³/mol. The molecule has 0 heterocycles. The van der Waals surface area contributed by atoms with E-state index < -0.39 is 21.7 Å². The summed E-state index contributed by atoms with van der Waals surface area (Å²) in [5, 5.41) is 2.45. The fourth-order valence-corrected chi connectivity index (χ4v) is 3.44. The molecule has 0 fully saturated rings. The Kier molecular flexibility index (Phi) is 5.45. The maximum atomic E-state index is 13.9. The molecule has 0 unspecified atom stereocenters. The Bertz CT molecular complexity index is 886. The van der Waals surface area contributed by atoms with Crippen molar-refractivity contribution >= 4 is 33.4 Å². The van der Waals surface area contributed by atoms with E-state index in [1.807, 2.05) is 0 Å². The van der Waals surface area contributed by atoms with E-state index in [-0.39, 0.29) is 22.1 Å². The minimum Gasteiger partial charge on any atom is -0.355 e. The molecule has 24 heavy (non-hydrogen) atoms. The van der Waals surface area contributed by atoms with Crippen molar-refractivity contribution in [1.29, 1.82) is 0 Å². The van der Waals surface area contributed by atoms with E-state index in [4.69, 9.17) is 0 Å². The molecule has 2 aromatic rings. The largest absolute Gasteiger partial charge is 0.355 e. The van der Waals surface area contributed by atoms with E-state index in [2.05, 4.69) is 10.0 Å². The fourth-order valence-electron chi connectivity index (χ4n) is 1.85. The maximum absolute atomic E-state index is 13.9. The average molecular weight is 372 g/mol. The predicted octanol–water partition coefficient (Wildman–Crippen LogP) is 2.85. The molecule has 0 saturated heterocycles. The maximum Gasteiger partial charge on any atom is 0.251 e. The molecule has 2 N–H and O–H groups in total. The first-order chi connectivity index (χ1) is 11.2. The van der Waals surface area contributed by atoms with Gasteiger partial charge in [-0.3, -0.25) is 9.52 Å². The highest BCUT2D eigenvalue weighted by atomic mass is 32.2. The molecule has 0 atom stereocenters. The lowest BCUT2D eigenvalue weighted by atomic mass is 10.2. The lowest BCUT2D eigenvalue weighted by Crippen LogP contribution is -2.18. The molecule has 0 aliphatic heterocycles. The molecule has 0 bridgehead atoms. The summed E-state index contributed by atoms with van der Waals surface area (Å²) >= 11 is 0.884. The number of anilines is 1. The molecule has 0 aliphatic carbocycles. The number of benzene rings is 2. The Morgan fingerprint density at radius 3 is 2.38 bits per heavy atom. The standard InChI is InChI=1S/C15H14F2N2O3S2/c1-18-15(20)9-3-5-12(19-24(2,21)22)14(7-9)23-13-6-4-10(16)8-11(13)17/h3-8,19H,1-2H3,(H,18,20). The molecule has 0 aliphatic rings. The van der Waals surface area contributed by atoms with Crippen molar-refractivity contribution in [2.24, 2.45) is 0 Å². The molecule has 9 heteroatoms. The van der Waals surface area contributed by atoms with Gasteiger partial charge in [0.1, 0.15) is 11.6 Å². The highest BCUT2D eigenvalue weighted by Gasteiger charge is 2.14. The summed E-state index contributed by atoms with van der Waals surface area (Å²) in [5.41, 5.74) is 0.473. The number of sulfonamides is 1. The van der Waals surface area contributed by atoms with Gasteiger partial charge in [0.25, 0.3) is 5.91 Å². The van der Waals surface area contributed by atoms with Crippen molar-refractivity contribution in [1.82, 2.24) is 5.32 Å². The quantitative estimate of drug-likeness (QED) is 0.846. The van der Waals surface area contributed by atoms with E-state index in [1.54, 1.807) is 0 Å². The summed E-state index contributed by atoms with van der Waals surface area (Å²) in [6.07, 6.45) is 0.979. The lowest BCUT2D eigenvalue weighted by molar-refractivity contribution is 0.0963. The van der Waals surface area contributed by atoms with Crippen molar-refractivity contribution in [3.05, 3.63) is 53.6 Å². The summed E-state index contributed by atoms with van der Waals surface area (Å²) in [6.45, 7) is 0. The minimum atomic E-state index is -3.57. The Hall–Kier alpha value is -2.13. The van der Waals surface area contributed by atoms with Crippen molar-refractivity contribution in [3.8, 4) is 0 Å². The summed E-state index contributed by atoms with van der Waals surface area (Å²) in [7, 11) is -2.11. The van der Waals surface area contributed by atoms with Gasteiger partial charge in [-0.2, -0.15) is 0 Å². The van der Waals surface area contributed by atoms with Gasteiger partial charge >= 0.3 is 0 Å². The molecule has 5 nitrogen and oxygen atoms in total. The Balaban J connectivity index is 2.48. The molecule has 0 saturated carbocycles. The van der Waals surface area contributed by atoms with Crippen LogP contribution in [0.5, 0.6) is 0 Å². The van der Waals surface area contributed by atoms with Crippen LogP contribution in [0.15, 0.2) is 46.2 Å². The molecule has 2 rings (SSSR count). The number of hydrogen-bond acceptors (Lipinski definition) is 4. The van der Waals surface area contributed by atoms with Crippen LogP contribution in [-0.4, -0.2) is 27.6 Å². The number of rotatable bonds is 5. The first kappa shape index (κ1) is 18.2. The summed E-state index contributed by atoms with van der Waals surface area (Å²) in [5.74, 6) is -1.87. The van der Waals surface area contributed by atoms with Gasteiger partial charge in [0.05, 0.1) is 11.9 Å². The van der Waals surface area contributed by atoms with Gasteiger partial charge in [0, 0.05) is 28.5 Å². The molecular formula is C15H14F2N2O3S2. The van der Waals surface area contributed by atoms with Gasteiger partial charge in [-0.05, 0) is 30.3 Å². The molecule has 0 radical (unpaired) electrons. The fraction of sp³-hybridized carbons (Fsp3) is 0.133. The topological polar surface area (TPSA) is 75.3 Å². The molecule has 1 amide bonds. The van der Waals surface area contributed by atoms with Crippen LogP contribution in [0.1, 0.15) is 10.4 Å². The Labute approximate surface area is 142 Å². The molecule has 2 aromatic carbocycles. The number of carbonyl (C=O) groups is 1. The number of halogens is 2. The second-order valence-corrected chi connectivity index (χ2v) is 7.67. The van der Waals surface area contributed by atoms with Crippen LogP contribution >= 0.6 is 11.8 Å². The van der Waals surface area contributed by atoms with Gasteiger partial charge in [0.2, 0.25) is 10.0 Å². The van der Waals surface area contributed by atoms with E-state index in [0.29, 0.717) is 4.90 Å². The smallest absolute Gasteiger partial charge is 0.251 e. The SMILES string of the molecule is CNC(=O)c1ccc(NS(C)(=O)=O)c(Sc2ccc(F)cc2F)c1. The molecular weight excluding hydrogens is 358 g/mol. The molecule has 128 valence electrons. The van der Waals surface area contributed by atoms with E-state index in [0.717, 1.165) is 30.2 Å². The summed E-state index contributed by atoms with van der Waals surface area (Å²) in [4.78, 5) is 12.2. The monoisotopic (exact) mass is 372 g/mol. The second-order valence-electron chi connectivity index (χ2n) is 4.84. The second kappa shape index (κ2) is 7.18. The summed E-state index contributed by atoms with van der Waals surface area (Å²) < 4.78 is 52.1. The van der Waals surface area contributed by atoms with Crippen LogP contribution in [0.25, 0.3) is 0 Å². The Morgan fingerprint density at radius 2 is 1.79 bits per heavy atom. The molecule has 0 aromatic heterocycles. The third-order valence-corrected chi connectivity index (χ3v) is 4.58. The lowest BCUT2D eigenvalue weighted by Gasteiger charge is -2.12. The van der Waals surface area contributed by atoms with E-state index in [1.165, 1.54) is 31.3 Å². The van der Waals surface area contributed by atoms with Gasteiger partial charge in [-0.25, -0.2) is 17.2 Å². The first-order valence-electron chi connectivity index (χ1n) is 6.66. The average Bonchev–Trinajstić information content (AvgIpc) is 2.49. The third kappa shape index (κ3) is 4.68. The third-order valence-electron chi connectivity index (χ3n) is 2.88. The molecule has 0 spiro atoms. The normalized spacial score (nSPS) is 11.2. The Morgan fingerprint density at radius 1 is 1.08 bits per heavy atom.